The fraction of sp³-hybridized carbons (Fsp3) is 0.350. The predicted molar refractivity (Wildman–Crippen MR) is 107 cm³/mol. The van der Waals surface area contributed by atoms with Gasteiger partial charge in [-0.1, -0.05) is 24.3 Å². The van der Waals surface area contributed by atoms with Crippen LogP contribution in [0.2, 0.25) is 0 Å². The van der Waals surface area contributed by atoms with Crippen LogP contribution in [-0.4, -0.2) is 33.2 Å². The number of amides is 1. The molecule has 1 heterocycles. The van der Waals surface area contributed by atoms with Crippen LogP contribution in [0, 0.1) is 6.92 Å². The lowest BCUT2D eigenvalue weighted by atomic mass is 10.1. The summed E-state index contributed by atoms with van der Waals surface area (Å²) in [7, 11) is -3.25. The van der Waals surface area contributed by atoms with E-state index in [1.54, 1.807) is 12.1 Å². The molecule has 1 fully saturated rings. The van der Waals surface area contributed by atoms with Crippen molar-refractivity contribution in [3.63, 3.8) is 0 Å². The molecule has 27 heavy (non-hydrogen) atoms. The summed E-state index contributed by atoms with van der Waals surface area (Å²) >= 11 is 0. The Morgan fingerprint density at radius 2 is 1.96 bits per heavy atom. The third-order valence-electron chi connectivity index (χ3n) is 4.42. The van der Waals surface area contributed by atoms with Gasteiger partial charge in [0.25, 0.3) is 0 Å². The average molecular weight is 388 g/mol. The van der Waals surface area contributed by atoms with Gasteiger partial charge in [0.1, 0.15) is 5.75 Å². The third-order valence-corrected chi connectivity index (χ3v) is 6.28. The van der Waals surface area contributed by atoms with Gasteiger partial charge in [0.15, 0.2) is 0 Å². The first kappa shape index (κ1) is 19.2. The number of hydrogen-bond acceptors (Lipinski definition) is 4. The summed E-state index contributed by atoms with van der Waals surface area (Å²) in [4.78, 5) is 12.2. The van der Waals surface area contributed by atoms with Crippen LogP contribution in [0.15, 0.2) is 48.5 Å². The van der Waals surface area contributed by atoms with E-state index in [1.807, 2.05) is 43.3 Å². The standard InChI is InChI=1S/C20H24N2O4S/c1-16-10-11-17(15-19(16)22-12-6-14-27(22,24)25)21-20(23)9-5-13-26-18-7-3-2-4-8-18/h2-4,7-8,10-11,15H,5-6,9,12-14H2,1H3,(H,21,23). The van der Waals surface area contributed by atoms with Gasteiger partial charge in [-0.3, -0.25) is 9.10 Å². The van der Waals surface area contributed by atoms with Gasteiger partial charge in [0.05, 0.1) is 18.0 Å². The first-order valence-corrected chi connectivity index (χ1v) is 10.7. The van der Waals surface area contributed by atoms with Gasteiger partial charge in [-0.2, -0.15) is 0 Å². The number of carbonyl (C=O) groups is 1. The summed E-state index contributed by atoms with van der Waals surface area (Å²) in [5, 5.41) is 2.84. The zero-order valence-electron chi connectivity index (χ0n) is 15.3. The second-order valence-corrected chi connectivity index (χ2v) is 8.57. The third kappa shape index (κ3) is 5.01. The highest BCUT2D eigenvalue weighted by atomic mass is 32.2. The molecule has 2 aromatic carbocycles. The Hall–Kier alpha value is -2.54. The van der Waals surface area contributed by atoms with E-state index in [9.17, 15) is 13.2 Å². The average Bonchev–Trinajstić information content (AvgIpc) is 3.00. The number of carbonyl (C=O) groups excluding carboxylic acids is 1. The monoisotopic (exact) mass is 388 g/mol. The molecule has 0 atom stereocenters. The highest BCUT2D eigenvalue weighted by Crippen LogP contribution is 2.30. The number of anilines is 2. The van der Waals surface area contributed by atoms with Gasteiger partial charge in [0, 0.05) is 18.7 Å². The summed E-state index contributed by atoms with van der Waals surface area (Å²) < 4.78 is 31.3. The Balaban J connectivity index is 1.54. The summed E-state index contributed by atoms with van der Waals surface area (Å²) in [5.74, 6) is 0.836. The van der Waals surface area contributed by atoms with Crippen LogP contribution in [0.1, 0.15) is 24.8 Å². The summed E-state index contributed by atoms with van der Waals surface area (Å²) in [5.41, 5.74) is 2.11. The number of nitrogens with zero attached hydrogens (tertiary/aromatic N) is 1. The van der Waals surface area contributed by atoms with E-state index < -0.39 is 10.0 Å². The van der Waals surface area contributed by atoms with E-state index in [0.29, 0.717) is 43.8 Å². The molecule has 1 amide bonds. The van der Waals surface area contributed by atoms with Crippen LogP contribution < -0.4 is 14.4 Å². The van der Waals surface area contributed by atoms with E-state index in [1.165, 1.54) is 4.31 Å². The van der Waals surface area contributed by atoms with Crippen molar-refractivity contribution in [3.05, 3.63) is 54.1 Å². The number of hydrogen-bond donors (Lipinski definition) is 1. The molecule has 0 unspecified atom stereocenters. The van der Waals surface area contributed by atoms with E-state index in [4.69, 9.17) is 4.74 Å². The molecule has 0 bridgehead atoms. The second-order valence-electron chi connectivity index (χ2n) is 6.56. The van der Waals surface area contributed by atoms with Gasteiger partial charge < -0.3 is 10.1 Å². The van der Waals surface area contributed by atoms with Gasteiger partial charge in [0.2, 0.25) is 15.9 Å². The van der Waals surface area contributed by atoms with Crippen molar-refractivity contribution in [1.29, 1.82) is 0 Å². The second kappa shape index (κ2) is 8.43. The first-order valence-electron chi connectivity index (χ1n) is 9.04. The van der Waals surface area contributed by atoms with E-state index in [2.05, 4.69) is 5.32 Å². The molecule has 0 radical (unpaired) electrons. The highest BCUT2D eigenvalue weighted by Gasteiger charge is 2.29. The Morgan fingerprint density at radius 3 is 2.67 bits per heavy atom. The Kier molecular flexibility index (Phi) is 6.01. The molecular formula is C20H24N2O4S. The maximum atomic E-state index is 12.2. The lowest BCUT2D eigenvalue weighted by molar-refractivity contribution is -0.116. The molecule has 144 valence electrons. The van der Waals surface area contributed by atoms with Crippen molar-refractivity contribution in [2.45, 2.75) is 26.2 Å². The van der Waals surface area contributed by atoms with Crippen molar-refractivity contribution in [2.24, 2.45) is 0 Å². The molecule has 2 aromatic rings. The normalized spacial score (nSPS) is 15.5. The van der Waals surface area contributed by atoms with Gasteiger partial charge in [-0.05, 0) is 49.6 Å². The predicted octanol–water partition coefficient (Wildman–Crippen LogP) is 3.33. The molecule has 0 spiro atoms. The van der Waals surface area contributed by atoms with Crippen molar-refractivity contribution in [2.75, 3.05) is 28.5 Å². The van der Waals surface area contributed by atoms with Gasteiger partial charge >= 0.3 is 0 Å². The minimum atomic E-state index is -3.25. The lowest BCUT2D eigenvalue weighted by Crippen LogP contribution is -2.26. The quantitative estimate of drug-likeness (QED) is 0.738. The van der Waals surface area contributed by atoms with E-state index in [0.717, 1.165) is 11.3 Å². The maximum Gasteiger partial charge on any atom is 0.235 e. The molecule has 0 saturated carbocycles. The summed E-state index contributed by atoms with van der Waals surface area (Å²) in [6.07, 6.45) is 1.55. The number of sulfonamides is 1. The highest BCUT2D eigenvalue weighted by molar-refractivity contribution is 7.93. The molecule has 1 aliphatic rings. The Labute approximate surface area is 160 Å². The SMILES string of the molecule is Cc1ccc(NC(=O)CCCOc2ccccc2)cc1N1CCCS1(=O)=O. The smallest absolute Gasteiger partial charge is 0.235 e. The number of rotatable bonds is 7. The minimum absolute atomic E-state index is 0.120. The van der Waals surface area contributed by atoms with Crippen molar-refractivity contribution < 1.29 is 17.9 Å². The zero-order chi connectivity index (χ0) is 19.3. The molecule has 1 aliphatic heterocycles. The summed E-state index contributed by atoms with van der Waals surface area (Å²) in [6, 6.07) is 14.8. The summed E-state index contributed by atoms with van der Waals surface area (Å²) in [6.45, 7) is 2.82. The fourth-order valence-electron chi connectivity index (χ4n) is 3.03. The molecule has 0 aromatic heterocycles. The van der Waals surface area contributed by atoms with Gasteiger partial charge in [-0.25, -0.2) is 8.42 Å². The molecule has 1 saturated heterocycles. The van der Waals surface area contributed by atoms with Crippen LogP contribution >= 0.6 is 0 Å². The maximum absolute atomic E-state index is 12.2. The van der Waals surface area contributed by atoms with Crippen LogP contribution in [0.4, 0.5) is 11.4 Å². The molecule has 1 N–H and O–H groups in total. The fourth-order valence-corrected chi connectivity index (χ4v) is 4.65. The van der Waals surface area contributed by atoms with Gasteiger partial charge in [-0.15, -0.1) is 0 Å². The Bertz CT molecular complexity index is 897. The molecular weight excluding hydrogens is 364 g/mol. The van der Waals surface area contributed by atoms with E-state index in [-0.39, 0.29) is 11.7 Å². The van der Waals surface area contributed by atoms with Crippen LogP contribution in [0.5, 0.6) is 5.75 Å². The number of para-hydroxylation sites is 1. The number of ether oxygens (including phenoxy) is 1. The molecule has 3 rings (SSSR count). The minimum Gasteiger partial charge on any atom is -0.494 e. The van der Waals surface area contributed by atoms with Crippen LogP contribution in [0.3, 0.4) is 0 Å². The molecule has 7 heteroatoms. The number of nitrogens with one attached hydrogen (secondary N) is 1. The van der Waals surface area contributed by atoms with Crippen LogP contribution in [-0.2, 0) is 14.8 Å². The lowest BCUT2D eigenvalue weighted by Gasteiger charge is -2.20. The number of aryl methyl sites for hydroxylation is 1. The topological polar surface area (TPSA) is 75.7 Å². The van der Waals surface area contributed by atoms with Crippen LogP contribution in [0.25, 0.3) is 0 Å². The largest absolute Gasteiger partial charge is 0.494 e. The molecule has 6 nitrogen and oxygen atoms in total. The zero-order valence-corrected chi connectivity index (χ0v) is 16.2. The van der Waals surface area contributed by atoms with Crippen molar-refractivity contribution in [3.8, 4) is 5.75 Å². The van der Waals surface area contributed by atoms with Crippen molar-refractivity contribution in [1.82, 2.24) is 0 Å². The van der Waals surface area contributed by atoms with Crippen molar-refractivity contribution >= 4 is 27.3 Å². The Morgan fingerprint density at radius 1 is 1.19 bits per heavy atom. The number of benzene rings is 2. The van der Waals surface area contributed by atoms with E-state index >= 15 is 0 Å². The first-order chi connectivity index (χ1) is 13.0. The molecule has 0 aliphatic carbocycles.